The highest BCUT2D eigenvalue weighted by atomic mass is 32.2. The van der Waals surface area contributed by atoms with Crippen LogP contribution in [0, 0.1) is 0 Å². The van der Waals surface area contributed by atoms with Crippen LogP contribution in [-0.4, -0.2) is 31.5 Å². The van der Waals surface area contributed by atoms with Crippen molar-refractivity contribution in [1.29, 1.82) is 0 Å². The van der Waals surface area contributed by atoms with E-state index in [0.29, 0.717) is 16.6 Å². The summed E-state index contributed by atoms with van der Waals surface area (Å²) in [6.07, 6.45) is 7.27. The van der Waals surface area contributed by atoms with E-state index in [4.69, 9.17) is 4.99 Å². The van der Waals surface area contributed by atoms with Crippen molar-refractivity contribution in [2.75, 3.05) is 10.8 Å². The minimum atomic E-state index is -3.77. The van der Waals surface area contributed by atoms with Gasteiger partial charge in [-0.2, -0.15) is 0 Å². The Labute approximate surface area is 175 Å². The van der Waals surface area contributed by atoms with E-state index in [9.17, 15) is 13.2 Å². The molecule has 30 heavy (non-hydrogen) atoms. The van der Waals surface area contributed by atoms with Crippen LogP contribution in [0.3, 0.4) is 0 Å². The molecule has 5 rings (SSSR count). The maximum Gasteiger partial charge on any atom is 0.265 e. The Morgan fingerprint density at radius 3 is 2.53 bits per heavy atom. The highest BCUT2D eigenvalue weighted by Crippen LogP contribution is 2.41. The molecule has 1 aromatic heterocycles. The summed E-state index contributed by atoms with van der Waals surface area (Å²) in [5.74, 6) is -0.321. The number of hydrogen-bond acceptors (Lipinski definition) is 4. The van der Waals surface area contributed by atoms with Gasteiger partial charge >= 0.3 is 0 Å². The van der Waals surface area contributed by atoms with E-state index in [1.165, 1.54) is 15.3 Å². The summed E-state index contributed by atoms with van der Waals surface area (Å²) in [6, 6.07) is 16.3. The number of pyridine rings is 1. The van der Waals surface area contributed by atoms with Crippen molar-refractivity contribution in [1.82, 2.24) is 4.57 Å². The van der Waals surface area contributed by atoms with Crippen molar-refractivity contribution in [3.8, 4) is 0 Å². The van der Waals surface area contributed by atoms with Crippen LogP contribution in [0.5, 0.6) is 0 Å². The number of anilines is 1. The molecule has 2 heterocycles. The van der Waals surface area contributed by atoms with Crippen LogP contribution in [0.15, 0.2) is 70.7 Å². The van der Waals surface area contributed by atoms with Crippen molar-refractivity contribution < 1.29 is 13.2 Å². The van der Waals surface area contributed by atoms with Crippen LogP contribution in [0.2, 0.25) is 0 Å². The van der Waals surface area contributed by atoms with Crippen molar-refractivity contribution >= 4 is 32.4 Å². The second-order valence-corrected chi connectivity index (χ2v) is 9.72. The minimum Gasteiger partial charge on any atom is -0.272 e. The fourth-order valence-corrected chi connectivity index (χ4v) is 6.13. The standard InChI is InChI=1S/C23H23N3O3S/c27-22(25-15-5-4-14-21(25)24-18-10-2-1-3-11-18)16-26-19-12-6-8-17-9-7-13-20(23(17)19)30(26,28)29/h4-9,12-15,18H,1-3,10-11,16H2. The smallest absolute Gasteiger partial charge is 0.265 e. The van der Waals surface area contributed by atoms with Gasteiger partial charge in [0.05, 0.1) is 16.6 Å². The molecule has 6 nitrogen and oxygen atoms in total. The van der Waals surface area contributed by atoms with Crippen molar-refractivity contribution in [3.05, 3.63) is 66.3 Å². The van der Waals surface area contributed by atoms with Crippen molar-refractivity contribution in [2.24, 2.45) is 4.99 Å². The van der Waals surface area contributed by atoms with Gasteiger partial charge < -0.3 is 0 Å². The molecule has 0 atom stereocenters. The number of aromatic nitrogens is 1. The first-order valence-corrected chi connectivity index (χ1v) is 11.8. The molecule has 0 saturated heterocycles. The van der Waals surface area contributed by atoms with Gasteiger partial charge in [-0.1, -0.05) is 49.6 Å². The van der Waals surface area contributed by atoms with E-state index >= 15 is 0 Å². The van der Waals surface area contributed by atoms with E-state index in [1.54, 1.807) is 30.5 Å². The first-order chi connectivity index (χ1) is 14.6. The number of sulfonamides is 1. The first kappa shape index (κ1) is 19.1. The lowest BCUT2D eigenvalue weighted by molar-refractivity contribution is 0.0919. The quantitative estimate of drug-likeness (QED) is 0.647. The molecule has 154 valence electrons. The highest BCUT2D eigenvalue weighted by Gasteiger charge is 2.36. The van der Waals surface area contributed by atoms with E-state index in [1.807, 2.05) is 30.3 Å². The molecule has 0 spiro atoms. The molecular weight excluding hydrogens is 398 g/mol. The molecule has 1 fully saturated rings. The summed E-state index contributed by atoms with van der Waals surface area (Å²) in [5, 5.41) is 1.53. The summed E-state index contributed by atoms with van der Waals surface area (Å²) >= 11 is 0. The number of carbonyl (C=O) groups is 1. The molecule has 1 aliphatic carbocycles. The molecule has 7 heteroatoms. The van der Waals surface area contributed by atoms with E-state index in [0.717, 1.165) is 31.1 Å². The Kier molecular flexibility index (Phi) is 4.70. The number of rotatable bonds is 3. The molecule has 0 amide bonds. The van der Waals surface area contributed by atoms with Crippen molar-refractivity contribution in [3.63, 3.8) is 0 Å². The summed E-state index contributed by atoms with van der Waals surface area (Å²) in [4.78, 5) is 18.3. The Hall–Kier alpha value is -2.93. The lowest BCUT2D eigenvalue weighted by Gasteiger charge is -2.20. The zero-order chi connectivity index (χ0) is 20.7. The van der Waals surface area contributed by atoms with Gasteiger partial charge in [-0.3, -0.25) is 18.7 Å². The third-order valence-corrected chi connectivity index (χ3v) is 7.76. The van der Waals surface area contributed by atoms with E-state index in [-0.39, 0.29) is 23.4 Å². The number of nitrogens with zero attached hydrogens (tertiary/aromatic N) is 3. The maximum absolute atomic E-state index is 13.2. The van der Waals surface area contributed by atoms with Crippen molar-refractivity contribution in [2.45, 2.75) is 43.0 Å². The third-order valence-electron chi connectivity index (χ3n) is 5.96. The topological polar surface area (TPSA) is 71.7 Å². The lowest BCUT2D eigenvalue weighted by Crippen LogP contribution is -2.39. The van der Waals surface area contributed by atoms with Gasteiger partial charge in [0, 0.05) is 11.6 Å². The van der Waals surface area contributed by atoms with Gasteiger partial charge in [-0.25, -0.2) is 8.42 Å². The predicted octanol–water partition coefficient (Wildman–Crippen LogP) is 3.72. The minimum absolute atomic E-state index is 0.216. The van der Waals surface area contributed by atoms with E-state index in [2.05, 4.69) is 0 Å². The van der Waals surface area contributed by atoms with Crippen LogP contribution in [0.1, 0.15) is 36.9 Å². The largest absolute Gasteiger partial charge is 0.272 e. The average molecular weight is 422 g/mol. The molecule has 3 aromatic rings. The van der Waals surface area contributed by atoms with E-state index < -0.39 is 10.0 Å². The second-order valence-electron chi connectivity index (χ2n) is 7.89. The molecule has 2 aromatic carbocycles. The third kappa shape index (κ3) is 3.13. The monoisotopic (exact) mass is 421 g/mol. The van der Waals surface area contributed by atoms with Crippen LogP contribution in [0.25, 0.3) is 10.8 Å². The van der Waals surface area contributed by atoms with Crippen LogP contribution >= 0.6 is 0 Å². The van der Waals surface area contributed by atoms with Gasteiger partial charge in [0.15, 0.2) is 0 Å². The molecule has 1 saturated carbocycles. The SMILES string of the molecule is O=C(CN1c2cccc3cccc(c23)S1(=O)=O)n1ccccc1=NC1CCCCC1. The lowest BCUT2D eigenvalue weighted by atomic mass is 9.96. The Balaban J connectivity index is 1.52. The number of hydrogen-bond donors (Lipinski definition) is 0. The molecule has 2 aliphatic rings. The van der Waals surface area contributed by atoms with Gasteiger partial charge in [-0.05, 0) is 42.5 Å². The predicted molar refractivity (Wildman–Crippen MR) is 116 cm³/mol. The summed E-state index contributed by atoms with van der Waals surface area (Å²) < 4.78 is 29.0. The average Bonchev–Trinajstić information content (AvgIpc) is 2.98. The van der Waals surface area contributed by atoms with Gasteiger partial charge in [0.1, 0.15) is 12.0 Å². The summed E-state index contributed by atoms with van der Waals surface area (Å²) in [7, 11) is -3.77. The number of carbonyl (C=O) groups excluding carboxylic acids is 1. The van der Waals surface area contributed by atoms with Gasteiger partial charge in [0.25, 0.3) is 15.9 Å². The second kappa shape index (κ2) is 7.40. The van der Waals surface area contributed by atoms with Gasteiger partial charge in [-0.15, -0.1) is 0 Å². The normalized spacial score (nSPS) is 18.8. The van der Waals surface area contributed by atoms with Crippen LogP contribution < -0.4 is 9.79 Å². The zero-order valence-corrected chi connectivity index (χ0v) is 17.4. The number of benzene rings is 2. The summed E-state index contributed by atoms with van der Waals surface area (Å²) in [6.45, 7) is -0.266. The van der Waals surface area contributed by atoms with Gasteiger partial charge in [0.2, 0.25) is 0 Å². The summed E-state index contributed by atoms with van der Waals surface area (Å²) in [5.41, 5.74) is 1.14. The molecule has 0 N–H and O–H groups in total. The molecule has 0 bridgehead atoms. The zero-order valence-electron chi connectivity index (χ0n) is 16.6. The molecule has 0 unspecified atom stereocenters. The van der Waals surface area contributed by atoms with Crippen LogP contribution in [0.4, 0.5) is 5.69 Å². The fraction of sp³-hybridized carbons (Fsp3) is 0.304. The fourth-order valence-electron chi connectivity index (χ4n) is 4.47. The van der Waals surface area contributed by atoms with Crippen LogP contribution in [-0.2, 0) is 10.0 Å². The Morgan fingerprint density at radius 1 is 0.967 bits per heavy atom. The molecule has 0 radical (unpaired) electrons. The maximum atomic E-state index is 13.2. The Bertz CT molecular complexity index is 1300. The first-order valence-electron chi connectivity index (χ1n) is 10.3. The Morgan fingerprint density at radius 2 is 1.73 bits per heavy atom. The molecular formula is C23H23N3O3S. The highest BCUT2D eigenvalue weighted by molar-refractivity contribution is 7.93. The molecule has 1 aliphatic heterocycles.